The summed E-state index contributed by atoms with van der Waals surface area (Å²) >= 11 is 0. The van der Waals surface area contributed by atoms with Crippen LogP contribution in [0.25, 0.3) is 0 Å². The summed E-state index contributed by atoms with van der Waals surface area (Å²) in [6.07, 6.45) is -0.598. The second kappa shape index (κ2) is 13.1. The van der Waals surface area contributed by atoms with E-state index in [-0.39, 0.29) is 48.5 Å². The lowest BCUT2D eigenvalue weighted by Gasteiger charge is -2.38. The molecule has 3 aromatic carbocycles. The Morgan fingerprint density at radius 1 is 1.02 bits per heavy atom. The number of aliphatic hydroxyl groups excluding tert-OH is 1. The number of urea groups is 2. The van der Waals surface area contributed by atoms with Gasteiger partial charge >= 0.3 is 12.1 Å². The predicted molar refractivity (Wildman–Crippen MR) is 155 cm³/mol. The molecule has 0 fully saturated rings. The van der Waals surface area contributed by atoms with E-state index in [1.807, 2.05) is 13.0 Å². The van der Waals surface area contributed by atoms with Crippen LogP contribution in [-0.2, 0) is 0 Å². The van der Waals surface area contributed by atoms with Gasteiger partial charge in [0, 0.05) is 30.9 Å². The number of amides is 5. The summed E-state index contributed by atoms with van der Waals surface area (Å²) < 4.78 is 19.7. The van der Waals surface area contributed by atoms with Gasteiger partial charge in [-0.2, -0.15) is 0 Å². The quantitative estimate of drug-likeness (QED) is 0.327. The molecule has 0 bridgehead atoms. The summed E-state index contributed by atoms with van der Waals surface area (Å²) in [5.74, 6) is -0.862. The van der Waals surface area contributed by atoms with Gasteiger partial charge in [-0.1, -0.05) is 31.2 Å². The Hall–Kier alpha value is -4.64. The summed E-state index contributed by atoms with van der Waals surface area (Å²) in [7, 11) is 1.60. The smallest absolute Gasteiger partial charge is 0.323 e. The number of hydrogen-bond donors (Lipinski definition) is 4. The lowest BCUT2D eigenvalue weighted by molar-refractivity contribution is 0.0373. The number of para-hydroxylation sites is 2. The van der Waals surface area contributed by atoms with Crippen molar-refractivity contribution in [1.82, 2.24) is 9.80 Å². The highest BCUT2D eigenvalue weighted by Crippen LogP contribution is 2.35. The molecule has 1 aliphatic heterocycles. The molecular formula is C30H34FN5O5. The van der Waals surface area contributed by atoms with Crippen LogP contribution in [0.2, 0.25) is 0 Å². The molecule has 0 aromatic heterocycles. The molecule has 0 saturated heterocycles. The van der Waals surface area contributed by atoms with Gasteiger partial charge in [0.15, 0.2) is 5.75 Å². The Labute approximate surface area is 238 Å². The summed E-state index contributed by atoms with van der Waals surface area (Å²) in [6.45, 7) is 3.80. The highest BCUT2D eigenvalue weighted by Gasteiger charge is 2.35. The number of benzene rings is 3. The molecule has 216 valence electrons. The zero-order valence-corrected chi connectivity index (χ0v) is 23.1. The molecule has 1 aliphatic rings. The fraction of sp³-hybridized carbons (Fsp3) is 0.300. The largest absolute Gasteiger partial charge is 0.485 e. The van der Waals surface area contributed by atoms with Crippen LogP contribution in [0.15, 0.2) is 72.8 Å². The van der Waals surface area contributed by atoms with Gasteiger partial charge in [-0.3, -0.25) is 4.79 Å². The van der Waals surface area contributed by atoms with Crippen LogP contribution >= 0.6 is 0 Å². The van der Waals surface area contributed by atoms with Crippen molar-refractivity contribution >= 4 is 35.0 Å². The van der Waals surface area contributed by atoms with Gasteiger partial charge in [-0.25, -0.2) is 14.0 Å². The van der Waals surface area contributed by atoms with Crippen LogP contribution in [0.3, 0.4) is 0 Å². The standard InChI is InChI=1S/C30H34FN5O5/c1-19-16-36(20(2)18-37)28(38)24-10-7-11-25(34-29(39)32-22-8-5-4-6-9-22)27(24)41-26(19)17-35(3)30(40)33-23-14-12-21(31)13-15-23/h4-15,19-20,26,37H,16-18H2,1-3H3,(H,33,40)(H2,32,34,39)/t19-,20-,26-/m0/s1. The molecule has 3 atom stereocenters. The van der Waals surface area contributed by atoms with Crippen molar-refractivity contribution < 1.29 is 28.6 Å². The zero-order valence-electron chi connectivity index (χ0n) is 23.1. The Kier molecular flexibility index (Phi) is 9.41. The van der Waals surface area contributed by atoms with Crippen LogP contribution in [0.5, 0.6) is 5.75 Å². The molecule has 4 rings (SSSR count). The van der Waals surface area contributed by atoms with Crippen molar-refractivity contribution in [3.8, 4) is 5.75 Å². The molecule has 10 nitrogen and oxygen atoms in total. The average molecular weight is 564 g/mol. The average Bonchev–Trinajstić information content (AvgIpc) is 2.96. The van der Waals surface area contributed by atoms with Crippen molar-refractivity contribution in [2.75, 3.05) is 42.7 Å². The van der Waals surface area contributed by atoms with E-state index in [9.17, 15) is 23.9 Å². The summed E-state index contributed by atoms with van der Waals surface area (Å²) in [4.78, 5) is 42.4. The molecule has 0 saturated carbocycles. The second-order valence-electron chi connectivity index (χ2n) is 10.1. The topological polar surface area (TPSA) is 123 Å². The highest BCUT2D eigenvalue weighted by atomic mass is 19.1. The van der Waals surface area contributed by atoms with Crippen LogP contribution in [0.1, 0.15) is 24.2 Å². The molecule has 0 spiro atoms. The Bertz CT molecular complexity index is 1370. The van der Waals surface area contributed by atoms with Gasteiger partial charge in [0.05, 0.1) is 30.4 Å². The van der Waals surface area contributed by atoms with Gasteiger partial charge in [0.1, 0.15) is 11.9 Å². The molecule has 4 N–H and O–H groups in total. The first-order valence-corrected chi connectivity index (χ1v) is 13.3. The van der Waals surface area contributed by atoms with Crippen molar-refractivity contribution in [1.29, 1.82) is 0 Å². The first-order valence-electron chi connectivity index (χ1n) is 13.3. The van der Waals surface area contributed by atoms with Gasteiger partial charge in [-0.05, 0) is 55.5 Å². The second-order valence-corrected chi connectivity index (χ2v) is 10.1. The number of aliphatic hydroxyl groups is 1. The fourth-order valence-corrected chi connectivity index (χ4v) is 4.47. The molecule has 5 amide bonds. The minimum atomic E-state index is -0.598. The number of fused-ring (bicyclic) bond motifs is 1. The maximum atomic E-state index is 13.6. The molecule has 0 radical (unpaired) electrons. The van der Waals surface area contributed by atoms with Crippen molar-refractivity contribution in [3.63, 3.8) is 0 Å². The summed E-state index contributed by atoms with van der Waals surface area (Å²) in [6, 6.07) is 17.8. The minimum absolute atomic E-state index is 0.133. The zero-order chi connectivity index (χ0) is 29.5. The summed E-state index contributed by atoms with van der Waals surface area (Å²) in [5.41, 5.74) is 1.52. The lowest BCUT2D eigenvalue weighted by Crippen LogP contribution is -2.50. The van der Waals surface area contributed by atoms with Gasteiger partial charge in [0.2, 0.25) is 0 Å². The third-order valence-electron chi connectivity index (χ3n) is 6.87. The molecule has 0 unspecified atom stereocenters. The Morgan fingerprint density at radius 2 is 1.71 bits per heavy atom. The van der Waals surface area contributed by atoms with E-state index in [4.69, 9.17) is 4.74 Å². The number of anilines is 3. The van der Waals surface area contributed by atoms with Gasteiger partial charge in [0.25, 0.3) is 5.91 Å². The third kappa shape index (κ3) is 7.31. The van der Waals surface area contributed by atoms with Crippen LogP contribution in [0, 0.1) is 11.7 Å². The van der Waals surface area contributed by atoms with E-state index < -0.39 is 30.0 Å². The van der Waals surface area contributed by atoms with Crippen LogP contribution in [-0.4, -0.2) is 71.8 Å². The number of likely N-dealkylation sites (N-methyl/N-ethyl adjacent to an activating group) is 1. The number of nitrogens with one attached hydrogen (secondary N) is 3. The number of ether oxygens (including phenoxy) is 1. The molecule has 11 heteroatoms. The Morgan fingerprint density at radius 3 is 2.39 bits per heavy atom. The maximum absolute atomic E-state index is 13.6. The number of rotatable bonds is 7. The number of halogens is 1. The number of carbonyl (C=O) groups is 3. The monoisotopic (exact) mass is 563 g/mol. The maximum Gasteiger partial charge on any atom is 0.323 e. The SMILES string of the molecule is C[C@H]1CN([C@@H](C)CO)C(=O)c2cccc(NC(=O)Nc3ccccc3)c2O[C@H]1CN(C)C(=O)Nc1ccc(F)cc1. The van der Waals surface area contributed by atoms with E-state index in [1.54, 1.807) is 61.3 Å². The first kappa shape index (κ1) is 29.3. The number of carbonyl (C=O) groups excluding carboxylic acids is 3. The van der Waals surface area contributed by atoms with Crippen molar-refractivity contribution in [3.05, 3.63) is 84.2 Å². The summed E-state index contributed by atoms with van der Waals surface area (Å²) in [5, 5.41) is 18.1. The van der Waals surface area contributed by atoms with E-state index in [1.165, 1.54) is 29.2 Å². The lowest BCUT2D eigenvalue weighted by atomic mass is 9.99. The van der Waals surface area contributed by atoms with Crippen molar-refractivity contribution in [2.24, 2.45) is 5.92 Å². The fourth-order valence-electron chi connectivity index (χ4n) is 4.47. The molecule has 3 aromatic rings. The normalized spacial score (nSPS) is 17.3. The van der Waals surface area contributed by atoms with Gasteiger partial charge in [-0.15, -0.1) is 0 Å². The molecular weight excluding hydrogens is 529 g/mol. The predicted octanol–water partition coefficient (Wildman–Crippen LogP) is 4.85. The van der Waals surface area contributed by atoms with Crippen LogP contribution in [0.4, 0.5) is 31.0 Å². The molecule has 41 heavy (non-hydrogen) atoms. The number of nitrogens with zero attached hydrogens (tertiary/aromatic N) is 2. The van der Waals surface area contributed by atoms with E-state index in [0.717, 1.165) is 0 Å². The molecule has 0 aliphatic carbocycles. The van der Waals surface area contributed by atoms with Gasteiger partial charge < -0.3 is 35.6 Å². The highest BCUT2D eigenvalue weighted by molar-refractivity contribution is 6.04. The van der Waals surface area contributed by atoms with E-state index in [2.05, 4.69) is 16.0 Å². The number of hydrogen-bond acceptors (Lipinski definition) is 5. The first-order chi connectivity index (χ1) is 19.7. The molecule has 1 heterocycles. The van der Waals surface area contributed by atoms with E-state index in [0.29, 0.717) is 11.4 Å². The third-order valence-corrected chi connectivity index (χ3v) is 6.87. The Balaban J connectivity index is 1.61. The van der Waals surface area contributed by atoms with Crippen molar-refractivity contribution in [2.45, 2.75) is 26.0 Å². The minimum Gasteiger partial charge on any atom is -0.485 e. The van der Waals surface area contributed by atoms with E-state index >= 15 is 0 Å². The van der Waals surface area contributed by atoms with Crippen LogP contribution < -0.4 is 20.7 Å².